The lowest BCUT2D eigenvalue weighted by atomic mass is 10.2. The molecular weight excluding hydrogens is 230 g/mol. The van der Waals surface area contributed by atoms with Crippen molar-refractivity contribution < 1.29 is 9.53 Å². The van der Waals surface area contributed by atoms with Crippen LogP contribution in [0.1, 0.15) is 26.7 Å². The number of amides is 1. The molecule has 5 nitrogen and oxygen atoms in total. The summed E-state index contributed by atoms with van der Waals surface area (Å²) in [7, 11) is 0. The van der Waals surface area contributed by atoms with Crippen molar-refractivity contribution in [1.82, 2.24) is 9.80 Å². The fourth-order valence-corrected chi connectivity index (χ4v) is 2.13. The van der Waals surface area contributed by atoms with Crippen LogP contribution in [-0.4, -0.2) is 67.7 Å². The van der Waals surface area contributed by atoms with Crippen molar-refractivity contribution in [2.24, 2.45) is 5.73 Å². The van der Waals surface area contributed by atoms with Gasteiger partial charge in [-0.1, -0.05) is 6.92 Å². The van der Waals surface area contributed by atoms with Crippen LogP contribution in [0.5, 0.6) is 0 Å². The highest BCUT2D eigenvalue weighted by Crippen LogP contribution is 2.07. The minimum Gasteiger partial charge on any atom is -0.381 e. The number of carbonyl (C=O) groups excluding carboxylic acids is 1. The maximum atomic E-state index is 11.9. The average Bonchev–Trinajstić information content (AvgIpc) is 2.42. The summed E-state index contributed by atoms with van der Waals surface area (Å²) in [4.78, 5) is 16.2. The number of carbonyl (C=O) groups is 1. The van der Waals surface area contributed by atoms with Crippen molar-refractivity contribution in [3.8, 4) is 0 Å². The molecule has 0 aromatic carbocycles. The Balaban J connectivity index is 2.19. The van der Waals surface area contributed by atoms with E-state index in [2.05, 4.69) is 18.7 Å². The molecule has 18 heavy (non-hydrogen) atoms. The molecule has 0 aliphatic carbocycles. The normalized spacial score (nSPS) is 18.9. The number of rotatable bonds is 7. The molecule has 5 heteroatoms. The first-order valence-corrected chi connectivity index (χ1v) is 6.98. The fourth-order valence-electron chi connectivity index (χ4n) is 2.13. The highest BCUT2D eigenvalue weighted by Gasteiger charge is 2.22. The molecule has 1 amide bonds. The maximum absolute atomic E-state index is 11.9. The highest BCUT2D eigenvalue weighted by atomic mass is 16.5. The third-order valence-electron chi connectivity index (χ3n) is 3.44. The first-order valence-electron chi connectivity index (χ1n) is 6.98. The number of hydrogen-bond donors (Lipinski definition) is 1. The lowest BCUT2D eigenvalue weighted by Crippen LogP contribution is -2.52. The molecule has 1 unspecified atom stereocenters. The Morgan fingerprint density at radius 2 is 1.94 bits per heavy atom. The van der Waals surface area contributed by atoms with E-state index >= 15 is 0 Å². The molecule has 1 aliphatic heterocycles. The van der Waals surface area contributed by atoms with E-state index in [1.807, 2.05) is 4.90 Å². The van der Waals surface area contributed by atoms with Gasteiger partial charge in [-0.2, -0.15) is 0 Å². The summed E-state index contributed by atoms with van der Waals surface area (Å²) >= 11 is 0. The molecule has 1 fully saturated rings. The van der Waals surface area contributed by atoms with Gasteiger partial charge in [0, 0.05) is 45.4 Å². The van der Waals surface area contributed by atoms with E-state index in [1.54, 1.807) is 0 Å². The third kappa shape index (κ3) is 4.92. The van der Waals surface area contributed by atoms with Crippen molar-refractivity contribution in [3.63, 3.8) is 0 Å². The summed E-state index contributed by atoms with van der Waals surface area (Å²) in [6.45, 7) is 9.67. The van der Waals surface area contributed by atoms with Gasteiger partial charge < -0.3 is 15.4 Å². The zero-order chi connectivity index (χ0) is 13.4. The van der Waals surface area contributed by atoms with Crippen molar-refractivity contribution >= 4 is 5.91 Å². The summed E-state index contributed by atoms with van der Waals surface area (Å²) < 4.78 is 5.35. The highest BCUT2D eigenvalue weighted by molar-refractivity contribution is 5.76. The van der Waals surface area contributed by atoms with Gasteiger partial charge in [0.2, 0.25) is 5.91 Å². The van der Waals surface area contributed by atoms with Crippen LogP contribution in [0.15, 0.2) is 0 Å². The molecule has 1 atom stereocenters. The zero-order valence-corrected chi connectivity index (χ0v) is 11.7. The first-order chi connectivity index (χ1) is 8.69. The van der Waals surface area contributed by atoms with E-state index in [-0.39, 0.29) is 5.91 Å². The molecule has 2 N–H and O–H groups in total. The van der Waals surface area contributed by atoms with E-state index in [0.717, 1.165) is 39.2 Å². The number of nitrogens with zero attached hydrogens (tertiary/aromatic N) is 2. The van der Waals surface area contributed by atoms with Gasteiger partial charge in [0.15, 0.2) is 0 Å². The molecule has 0 bridgehead atoms. The van der Waals surface area contributed by atoms with E-state index in [1.165, 1.54) is 0 Å². The van der Waals surface area contributed by atoms with E-state index in [0.29, 0.717) is 25.6 Å². The lowest BCUT2D eigenvalue weighted by Gasteiger charge is -2.37. The second-order valence-electron chi connectivity index (χ2n) is 4.86. The molecule has 106 valence electrons. The Bertz CT molecular complexity index is 240. The second-order valence-corrected chi connectivity index (χ2v) is 4.86. The minimum atomic E-state index is 0.214. The zero-order valence-electron chi connectivity index (χ0n) is 11.7. The van der Waals surface area contributed by atoms with E-state index in [9.17, 15) is 4.79 Å². The van der Waals surface area contributed by atoms with Gasteiger partial charge in [0.1, 0.15) is 0 Å². The van der Waals surface area contributed by atoms with Gasteiger partial charge in [0.05, 0.1) is 13.0 Å². The van der Waals surface area contributed by atoms with Gasteiger partial charge in [0.25, 0.3) is 0 Å². The first kappa shape index (κ1) is 15.4. The van der Waals surface area contributed by atoms with Crippen LogP contribution in [0.3, 0.4) is 0 Å². The van der Waals surface area contributed by atoms with Crippen molar-refractivity contribution in [2.75, 3.05) is 45.9 Å². The molecule has 1 aliphatic rings. The number of piperazine rings is 1. The molecular formula is C13H27N3O2. The summed E-state index contributed by atoms with van der Waals surface area (Å²) in [5, 5.41) is 0. The lowest BCUT2D eigenvalue weighted by molar-refractivity contribution is -0.134. The van der Waals surface area contributed by atoms with Crippen LogP contribution in [0.25, 0.3) is 0 Å². The Morgan fingerprint density at radius 1 is 1.28 bits per heavy atom. The van der Waals surface area contributed by atoms with Crippen LogP contribution >= 0.6 is 0 Å². The summed E-state index contributed by atoms with van der Waals surface area (Å²) in [6, 6.07) is 0.412. The fraction of sp³-hybridized carbons (Fsp3) is 0.923. The van der Waals surface area contributed by atoms with Crippen LogP contribution in [0.2, 0.25) is 0 Å². The Kier molecular flexibility index (Phi) is 7.23. The molecule has 1 heterocycles. The summed E-state index contributed by atoms with van der Waals surface area (Å²) in [6.07, 6.45) is 1.51. The molecule has 1 saturated heterocycles. The predicted molar refractivity (Wildman–Crippen MR) is 72.4 cm³/mol. The smallest absolute Gasteiger partial charge is 0.224 e. The molecule has 0 aromatic heterocycles. The van der Waals surface area contributed by atoms with E-state index < -0.39 is 0 Å². The number of hydrogen-bond acceptors (Lipinski definition) is 4. The summed E-state index contributed by atoms with van der Waals surface area (Å²) in [5.74, 6) is 0.214. The largest absolute Gasteiger partial charge is 0.381 e. The molecule has 0 spiro atoms. The van der Waals surface area contributed by atoms with Crippen LogP contribution in [0.4, 0.5) is 0 Å². The second kappa shape index (κ2) is 8.45. The number of nitrogens with two attached hydrogens (primary N) is 1. The Morgan fingerprint density at radius 3 is 2.50 bits per heavy atom. The molecule has 0 aromatic rings. The van der Waals surface area contributed by atoms with Crippen molar-refractivity contribution in [1.29, 1.82) is 0 Å². The van der Waals surface area contributed by atoms with E-state index in [4.69, 9.17) is 10.5 Å². The van der Waals surface area contributed by atoms with Gasteiger partial charge in [-0.05, 0) is 13.3 Å². The van der Waals surface area contributed by atoms with Gasteiger partial charge >= 0.3 is 0 Å². The van der Waals surface area contributed by atoms with Crippen LogP contribution < -0.4 is 5.73 Å². The third-order valence-corrected chi connectivity index (χ3v) is 3.44. The maximum Gasteiger partial charge on any atom is 0.224 e. The Labute approximate surface area is 110 Å². The Hall–Kier alpha value is -0.650. The molecule has 0 saturated carbocycles. The SMILES string of the molecule is CCCOCCC(=O)N1CCN(C(C)CN)CC1. The monoisotopic (exact) mass is 257 g/mol. The summed E-state index contributed by atoms with van der Waals surface area (Å²) in [5.41, 5.74) is 5.65. The van der Waals surface area contributed by atoms with Gasteiger partial charge in [-0.15, -0.1) is 0 Å². The predicted octanol–water partition coefficient (Wildman–Crippen LogP) is 0.295. The number of ether oxygens (including phenoxy) is 1. The van der Waals surface area contributed by atoms with Crippen LogP contribution in [-0.2, 0) is 9.53 Å². The molecule has 1 rings (SSSR count). The van der Waals surface area contributed by atoms with Gasteiger partial charge in [-0.25, -0.2) is 0 Å². The van der Waals surface area contributed by atoms with Gasteiger partial charge in [-0.3, -0.25) is 9.69 Å². The minimum absolute atomic E-state index is 0.214. The van der Waals surface area contributed by atoms with Crippen molar-refractivity contribution in [2.45, 2.75) is 32.7 Å². The van der Waals surface area contributed by atoms with Crippen molar-refractivity contribution in [3.05, 3.63) is 0 Å². The standard InChI is InChI=1S/C13H27N3O2/c1-3-9-18-10-4-13(17)16-7-5-15(6-8-16)12(2)11-14/h12H,3-11,14H2,1-2H3. The average molecular weight is 257 g/mol. The topological polar surface area (TPSA) is 58.8 Å². The quantitative estimate of drug-likeness (QED) is 0.666. The molecule has 0 radical (unpaired) electrons. The van der Waals surface area contributed by atoms with Crippen LogP contribution in [0, 0.1) is 0 Å².